The molecule has 2 N–H and O–H groups in total. The zero-order chi connectivity index (χ0) is 12.5. The van der Waals surface area contributed by atoms with Gasteiger partial charge in [0.2, 0.25) is 0 Å². The number of hydrogen-bond acceptors (Lipinski definition) is 3. The van der Waals surface area contributed by atoms with Gasteiger partial charge in [-0.1, -0.05) is 0 Å². The monoisotopic (exact) mass is 299 g/mol. The first-order valence-electron chi connectivity index (χ1n) is 5.39. The van der Waals surface area contributed by atoms with Gasteiger partial charge in [-0.3, -0.25) is 0 Å². The van der Waals surface area contributed by atoms with Crippen molar-refractivity contribution in [3.8, 4) is 0 Å². The summed E-state index contributed by atoms with van der Waals surface area (Å²) in [6.45, 7) is 3.52. The molecule has 0 radical (unpaired) electrons. The Morgan fingerprint density at radius 2 is 2.35 bits per heavy atom. The van der Waals surface area contributed by atoms with Gasteiger partial charge in [0.15, 0.2) is 0 Å². The lowest BCUT2D eigenvalue weighted by Crippen LogP contribution is -2.35. The molecule has 1 fully saturated rings. The van der Waals surface area contributed by atoms with Gasteiger partial charge in [-0.2, -0.15) is 0 Å². The zero-order valence-electron chi connectivity index (χ0n) is 9.50. The Labute approximate surface area is 108 Å². The van der Waals surface area contributed by atoms with Crippen molar-refractivity contribution in [2.75, 3.05) is 18.5 Å². The van der Waals surface area contributed by atoms with Gasteiger partial charge in [0.25, 0.3) is 0 Å². The zero-order valence-corrected chi connectivity index (χ0v) is 11.1. The van der Waals surface area contributed by atoms with E-state index in [1.807, 2.05) is 0 Å². The number of hydrogen-bond donors (Lipinski definition) is 2. The predicted octanol–water partition coefficient (Wildman–Crippen LogP) is 2.74. The number of carboxylic acids is 1. The van der Waals surface area contributed by atoms with Gasteiger partial charge in [-0.25, -0.2) is 4.79 Å². The number of nitrogens with one attached hydrogen (secondary N) is 1. The molecule has 0 aromatic heterocycles. The second-order valence-corrected chi connectivity index (χ2v) is 5.34. The first-order valence-corrected chi connectivity index (χ1v) is 6.18. The SMILES string of the molecule is CC1(Nc2ccc(C(=O)O)cc2Br)CCOC1. The number of anilines is 1. The van der Waals surface area contributed by atoms with Crippen molar-refractivity contribution >= 4 is 27.6 Å². The fraction of sp³-hybridized carbons (Fsp3) is 0.417. The third kappa shape index (κ3) is 2.79. The average Bonchev–Trinajstić information content (AvgIpc) is 2.68. The van der Waals surface area contributed by atoms with E-state index in [1.54, 1.807) is 18.2 Å². The Balaban J connectivity index is 2.19. The van der Waals surface area contributed by atoms with Crippen LogP contribution in [0.25, 0.3) is 0 Å². The lowest BCUT2D eigenvalue weighted by Gasteiger charge is -2.25. The third-order valence-electron chi connectivity index (χ3n) is 2.87. The second-order valence-electron chi connectivity index (χ2n) is 4.49. The van der Waals surface area contributed by atoms with E-state index < -0.39 is 5.97 Å². The van der Waals surface area contributed by atoms with Gasteiger partial charge >= 0.3 is 5.97 Å². The quantitative estimate of drug-likeness (QED) is 0.901. The highest BCUT2D eigenvalue weighted by atomic mass is 79.9. The number of carbonyl (C=O) groups is 1. The molecule has 0 aliphatic carbocycles. The number of rotatable bonds is 3. The maximum absolute atomic E-state index is 10.8. The normalized spacial score (nSPS) is 23.6. The van der Waals surface area contributed by atoms with E-state index in [0.717, 1.165) is 23.2 Å². The van der Waals surface area contributed by atoms with Crippen LogP contribution in [0, 0.1) is 0 Å². The Morgan fingerprint density at radius 1 is 1.59 bits per heavy atom. The summed E-state index contributed by atoms with van der Waals surface area (Å²) >= 11 is 3.38. The van der Waals surface area contributed by atoms with Crippen molar-refractivity contribution < 1.29 is 14.6 Å². The van der Waals surface area contributed by atoms with E-state index in [2.05, 4.69) is 28.2 Å². The molecule has 1 saturated heterocycles. The van der Waals surface area contributed by atoms with Gasteiger partial charge in [0.1, 0.15) is 0 Å². The summed E-state index contributed by atoms with van der Waals surface area (Å²) in [6.07, 6.45) is 0.945. The minimum Gasteiger partial charge on any atom is -0.478 e. The summed E-state index contributed by atoms with van der Waals surface area (Å²) in [7, 11) is 0. The molecular formula is C12H14BrNO3. The van der Waals surface area contributed by atoms with Gasteiger partial charge in [0, 0.05) is 16.8 Å². The first kappa shape index (κ1) is 12.4. The van der Waals surface area contributed by atoms with Crippen LogP contribution < -0.4 is 5.32 Å². The van der Waals surface area contributed by atoms with Crippen molar-refractivity contribution in [2.45, 2.75) is 18.9 Å². The van der Waals surface area contributed by atoms with Crippen LogP contribution in [0.3, 0.4) is 0 Å². The maximum Gasteiger partial charge on any atom is 0.335 e. The number of halogens is 1. The lowest BCUT2D eigenvalue weighted by molar-refractivity contribution is 0.0697. The Morgan fingerprint density at radius 3 is 2.88 bits per heavy atom. The summed E-state index contributed by atoms with van der Waals surface area (Å²) in [4.78, 5) is 10.8. The van der Waals surface area contributed by atoms with Crippen LogP contribution in [0.15, 0.2) is 22.7 Å². The standard InChI is InChI=1S/C12H14BrNO3/c1-12(4-5-17-7-12)14-10-3-2-8(11(15)16)6-9(10)13/h2-3,6,14H,4-5,7H2,1H3,(H,15,16). The average molecular weight is 300 g/mol. The molecule has 0 amide bonds. The van der Waals surface area contributed by atoms with E-state index in [9.17, 15) is 4.79 Å². The molecule has 1 aliphatic heterocycles. The Kier molecular flexibility index (Phi) is 3.40. The topological polar surface area (TPSA) is 58.6 Å². The molecule has 4 nitrogen and oxygen atoms in total. The summed E-state index contributed by atoms with van der Waals surface area (Å²) < 4.78 is 6.12. The molecule has 2 rings (SSSR count). The molecule has 1 heterocycles. The Bertz CT molecular complexity index is 441. The molecule has 1 unspecified atom stereocenters. The van der Waals surface area contributed by atoms with Crippen LogP contribution in [0.2, 0.25) is 0 Å². The van der Waals surface area contributed by atoms with Gasteiger partial charge < -0.3 is 15.2 Å². The molecule has 1 atom stereocenters. The fourth-order valence-electron chi connectivity index (χ4n) is 1.84. The van der Waals surface area contributed by atoms with Crippen molar-refractivity contribution in [1.29, 1.82) is 0 Å². The van der Waals surface area contributed by atoms with Gasteiger partial charge in [-0.05, 0) is 47.5 Å². The van der Waals surface area contributed by atoms with Gasteiger partial charge in [-0.15, -0.1) is 0 Å². The van der Waals surface area contributed by atoms with Crippen molar-refractivity contribution in [3.05, 3.63) is 28.2 Å². The van der Waals surface area contributed by atoms with E-state index in [4.69, 9.17) is 9.84 Å². The van der Waals surface area contributed by atoms with Crippen LogP contribution in [-0.2, 0) is 4.74 Å². The molecule has 1 aliphatic rings. The van der Waals surface area contributed by atoms with Crippen LogP contribution in [0.1, 0.15) is 23.7 Å². The van der Waals surface area contributed by atoms with Crippen LogP contribution in [0.5, 0.6) is 0 Å². The van der Waals surface area contributed by atoms with Crippen LogP contribution >= 0.6 is 15.9 Å². The summed E-state index contributed by atoms with van der Waals surface area (Å²) in [6, 6.07) is 4.97. The largest absolute Gasteiger partial charge is 0.478 e. The minimum atomic E-state index is -0.923. The molecule has 17 heavy (non-hydrogen) atoms. The molecule has 1 aromatic rings. The maximum atomic E-state index is 10.8. The molecular weight excluding hydrogens is 286 g/mol. The van der Waals surface area contributed by atoms with Gasteiger partial charge in [0.05, 0.1) is 17.7 Å². The van der Waals surface area contributed by atoms with Crippen molar-refractivity contribution in [2.24, 2.45) is 0 Å². The molecule has 92 valence electrons. The van der Waals surface area contributed by atoms with E-state index in [0.29, 0.717) is 6.61 Å². The molecule has 0 spiro atoms. The first-order chi connectivity index (χ1) is 8.00. The second kappa shape index (κ2) is 4.66. The summed E-state index contributed by atoms with van der Waals surface area (Å²) in [5.41, 5.74) is 1.09. The number of aromatic carboxylic acids is 1. The van der Waals surface area contributed by atoms with Crippen molar-refractivity contribution in [1.82, 2.24) is 0 Å². The highest BCUT2D eigenvalue weighted by Gasteiger charge is 2.29. The predicted molar refractivity (Wildman–Crippen MR) is 68.6 cm³/mol. The van der Waals surface area contributed by atoms with Crippen molar-refractivity contribution in [3.63, 3.8) is 0 Å². The number of carboxylic acid groups (broad SMARTS) is 1. The lowest BCUT2D eigenvalue weighted by atomic mass is 10.0. The number of benzene rings is 1. The molecule has 0 saturated carbocycles. The number of ether oxygens (including phenoxy) is 1. The summed E-state index contributed by atoms with van der Waals surface area (Å²) in [5.74, 6) is -0.923. The third-order valence-corrected chi connectivity index (χ3v) is 3.53. The Hall–Kier alpha value is -1.07. The van der Waals surface area contributed by atoms with Crippen LogP contribution in [0.4, 0.5) is 5.69 Å². The smallest absolute Gasteiger partial charge is 0.335 e. The molecule has 0 bridgehead atoms. The van der Waals surface area contributed by atoms with E-state index in [-0.39, 0.29) is 11.1 Å². The van der Waals surface area contributed by atoms with E-state index >= 15 is 0 Å². The van der Waals surface area contributed by atoms with E-state index in [1.165, 1.54) is 0 Å². The molecule has 1 aromatic carbocycles. The molecule has 5 heteroatoms. The minimum absolute atomic E-state index is 0.0761. The van der Waals surface area contributed by atoms with Crippen LogP contribution in [-0.4, -0.2) is 29.8 Å². The highest BCUT2D eigenvalue weighted by molar-refractivity contribution is 9.10. The highest BCUT2D eigenvalue weighted by Crippen LogP contribution is 2.29. The fourth-order valence-corrected chi connectivity index (χ4v) is 2.32. The summed E-state index contributed by atoms with van der Waals surface area (Å²) in [5, 5.41) is 12.3.